The van der Waals surface area contributed by atoms with Crippen molar-refractivity contribution in [3.8, 4) is 0 Å². The second-order valence-corrected chi connectivity index (χ2v) is 7.08. The molecule has 2 N–H and O–H groups in total. The van der Waals surface area contributed by atoms with Gasteiger partial charge in [0.15, 0.2) is 0 Å². The number of allylic oxidation sites excluding steroid dienone is 2. The lowest BCUT2D eigenvalue weighted by atomic mass is 10.0. The van der Waals surface area contributed by atoms with Crippen LogP contribution in [0.5, 0.6) is 0 Å². The topological polar surface area (TPSA) is 78.9 Å². The lowest BCUT2D eigenvalue weighted by Crippen LogP contribution is -2.33. The van der Waals surface area contributed by atoms with Crippen molar-refractivity contribution >= 4 is 23.3 Å². The molecule has 0 aromatic heterocycles. The molecular formula is C19H22N2O4. The highest BCUT2D eigenvalue weighted by Gasteiger charge is 2.51. The minimum absolute atomic E-state index is 0.134. The predicted molar refractivity (Wildman–Crippen MR) is 92.9 cm³/mol. The standard InChI is InChI=1S/C19H22N2O4/c1-11(23)20-8-15-9-21(19(24)25-15)14-4-2-12(3-5-14)13-6-16-17(7-13)18(16)10-22/h2-6,15-18,22H,7-10H2,1H3,(H,20,23)/t15-,16+,17-,18-/m0/s1. The summed E-state index contributed by atoms with van der Waals surface area (Å²) in [5, 5.41) is 11.9. The van der Waals surface area contributed by atoms with Gasteiger partial charge >= 0.3 is 6.09 Å². The van der Waals surface area contributed by atoms with Crippen LogP contribution in [0.2, 0.25) is 0 Å². The van der Waals surface area contributed by atoms with Crippen molar-refractivity contribution in [1.29, 1.82) is 0 Å². The molecule has 1 aliphatic heterocycles. The molecule has 132 valence electrons. The number of cyclic esters (lactones) is 1. The Labute approximate surface area is 146 Å². The Morgan fingerprint density at radius 3 is 2.72 bits per heavy atom. The number of carbonyl (C=O) groups is 2. The summed E-state index contributed by atoms with van der Waals surface area (Å²) in [5.74, 6) is 1.48. The molecule has 1 saturated heterocycles. The average Bonchev–Trinajstić information content (AvgIpc) is 2.94. The van der Waals surface area contributed by atoms with Crippen molar-refractivity contribution in [1.82, 2.24) is 5.32 Å². The molecule has 1 aromatic rings. The zero-order chi connectivity index (χ0) is 17.6. The first-order valence-corrected chi connectivity index (χ1v) is 8.71. The Morgan fingerprint density at radius 2 is 2.12 bits per heavy atom. The normalized spacial score (nSPS) is 29.9. The van der Waals surface area contributed by atoms with Crippen LogP contribution in [0.15, 0.2) is 30.3 Å². The number of amides is 2. The fraction of sp³-hybridized carbons (Fsp3) is 0.474. The van der Waals surface area contributed by atoms with Crippen LogP contribution in [0.3, 0.4) is 0 Å². The molecule has 2 amide bonds. The van der Waals surface area contributed by atoms with Crippen LogP contribution in [-0.2, 0) is 9.53 Å². The van der Waals surface area contributed by atoms with E-state index in [4.69, 9.17) is 4.74 Å². The third kappa shape index (κ3) is 3.02. The first-order chi connectivity index (χ1) is 12.1. The van der Waals surface area contributed by atoms with Crippen LogP contribution in [0, 0.1) is 17.8 Å². The monoisotopic (exact) mass is 342 g/mol. The number of ether oxygens (including phenoxy) is 1. The summed E-state index contributed by atoms with van der Waals surface area (Å²) in [6.45, 7) is 2.49. The molecule has 1 heterocycles. The number of aliphatic hydroxyl groups is 1. The van der Waals surface area contributed by atoms with Crippen LogP contribution < -0.4 is 10.2 Å². The molecular weight excluding hydrogens is 320 g/mol. The van der Waals surface area contributed by atoms with Gasteiger partial charge in [-0.15, -0.1) is 0 Å². The maximum atomic E-state index is 12.0. The first kappa shape index (κ1) is 16.1. The highest BCUT2D eigenvalue weighted by Crippen LogP contribution is 2.57. The number of rotatable bonds is 5. The smallest absolute Gasteiger partial charge is 0.414 e. The van der Waals surface area contributed by atoms with Gasteiger partial charge in [0.05, 0.1) is 13.1 Å². The number of benzene rings is 1. The van der Waals surface area contributed by atoms with E-state index in [0.29, 0.717) is 30.8 Å². The largest absolute Gasteiger partial charge is 0.442 e. The molecule has 2 aliphatic carbocycles. The number of aliphatic hydroxyl groups excluding tert-OH is 1. The van der Waals surface area contributed by atoms with Gasteiger partial charge in [0.25, 0.3) is 0 Å². The van der Waals surface area contributed by atoms with E-state index in [9.17, 15) is 14.7 Å². The van der Waals surface area contributed by atoms with Gasteiger partial charge in [-0.05, 0) is 47.4 Å². The van der Waals surface area contributed by atoms with E-state index in [-0.39, 0.29) is 24.7 Å². The molecule has 0 unspecified atom stereocenters. The molecule has 2 fully saturated rings. The van der Waals surface area contributed by atoms with Crippen molar-refractivity contribution < 1.29 is 19.4 Å². The summed E-state index contributed by atoms with van der Waals surface area (Å²) < 4.78 is 5.29. The maximum absolute atomic E-state index is 12.0. The Balaban J connectivity index is 1.40. The number of nitrogens with zero attached hydrogens (tertiary/aromatic N) is 1. The fourth-order valence-corrected chi connectivity index (χ4v) is 3.99. The summed E-state index contributed by atoms with van der Waals surface area (Å²) in [6.07, 6.45) is 2.61. The lowest BCUT2D eigenvalue weighted by Gasteiger charge is -2.14. The van der Waals surface area contributed by atoms with E-state index < -0.39 is 0 Å². The number of carbonyl (C=O) groups excluding carboxylic acids is 2. The summed E-state index contributed by atoms with van der Waals surface area (Å²) in [7, 11) is 0. The molecule has 6 heteroatoms. The van der Waals surface area contributed by atoms with E-state index in [1.54, 1.807) is 4.90 Å². The summed E-state index contributed by atoms with van der Waals surface area (Å²) in [6, 6.07) is 7.94. The summed E-state index contributed by atoms with van der Waals surface area (Å²) >= 11 is 0. The van der Waals surface area contributed by atoms with Crippen molar-refractivity contribution in [3.05, 3.63) is 35.9 Å². The van der Waals surface area contributed by atoms with Gasteiger partial charge in [0, 0.05) is 19.2 Å². The van der Waals surface area contributed by atoms with Crippen LogP contribution in [0.25, 0.3) is 5.57 Å². The van der Waals surface area contributed by atoms with Gasteiger partial charge in [0.2, 0.25) is 5.91 Å². The van der Waals surface area contributed by atoms with E-state index in [1.165, 1.54) is 18.1 Å². The van der Waals surface area contributed by atoms with E-state index in [0.717, 1.165) is 12.1 Å². The Kier molecular flexibility index (Phi) is 4.00. The van der Waals surface area contributed by atoms with E-state index in [2.05, 4.69) is 11.4 Å². The Morgan fingerprint density at radius 1 is 1.36 bits per heavy atom. The Hall–Kier alpha value is -2.34. The summed E-state index contributed by atoms with van der Waals surface area (Å²) in [4.78, 5) is 24.6. The minimum Gasteiger partial charge on any atom is -0.442 e. The van der Waals surface area contributed by atoms with Crippen molar-refractivity contribution in [2.24, 2.45) is 17.8 Å². The van der Waals surface area contributed by atoms with E-state index >= 15 is 0 Å². The lowest BCUT2D eigenvalue weighted by molar-refractivity contribution is -0.119. The van der Waals surface area contributed by atoms with Gasteiger partial charge in [-0.1, -0.05) is 18.2 Å². The first-order valence-electron chi connectivity index (χ1n) is 8.71. The van der Waals surface area contributed by atoms with Crippen molar-refractivity contribution in [2.45, 2.75) is 19.4 Å². The SMILES string of the molecule is CC(=O)NC[C@H]1CN(c2ccc(C3=C[C@H]4[C@H](CO)[C@H]4C3)cc2)C(=O)O1. The van der Waals surface area contributed by atoms with E-state index in [1.807, 2.05) is 24.3 Å². The molecule has 0 bridgehead atoms. The van der Waals surface area contributed by atoms with Crippen LogP contribution in [0.1, 0.15) is 18.9 Å². The number of anilines is 1. The molecule has 4 atom stereocenters. The molecule has 6 nitrogen and oxygen atoms in total. The second-order valence-electron chi connectivity index (χ2n) is 7.08. The second kappa shape index (κ2) is 6.19. The van der Waals surface area contributed by atoms with Crippen LogP contribution >= 0.6 is 0 Å². The fourth-order valence-electron chi connectivity index (χ4n) is 3.99. The molecule has 25 heavy (non-hydrogen) atoms. The number of hydrogen-bond acceptors (Lipinski definition) is 4. The Bertz CT molecular complexity index is 727. The van der Waals surface area contributed by atoms with Gasteiger partial charge in [-0.2, -0.15) is 0 Å². The molecule has 4 rings (SSSR count). The third-order valence-corrected chi connectivity index (χ3v) is 5.46. The number of fused-ring (bicyclic) bond motifs is 1. The third-order valence-electron chi connectivity index (χ3n) is 5.46. The molecule has 0 spiro atoms. The zero-order valence-corrected chi connectivity index (χ0v) is 14.1. The van der Waals surface area contributed by atoms with Gasteiger partial charge in [-0.25, -0.2) is 4.79 Å². The molecule has 1 aromatic carbocycles. The highest BCUT2D eigenvalue weighted by atomic mass is 16.6. The molecule has 0 radical (unpaired) electrons. The zero-order valence-electron chi connectivity index (χ0n) is 14.1. The number of hydrogen-bond donors (Lipinski definition) is 2. The minimum atomic E-state index is -0.379. The predicted octanol–water partition coefficient (Wildman–Crippen LogP) is 1.79. The van der Waals surface area contributed by atoms with Crippen molar-refractivity contribution in [3.63, 3.8) is 0 Å². The number of nitrogens with one attached hydrogen (secondary N) is 1. The maximum Gasteiger partial charge on any atom is 0.414 e. The van der Waals surface area contributed by atoms with Crippen LogP contribution in [0.4, 0.5) is 10.5 Å². The quantitative estimate of drug-likeness (QED) is 0.855. The van der Waals surface area contributed by atoms with Gasteiger partial charge in [-0.3, -0.25) is 9.69 Å². The van der Waals surface area contributed by atoms with Gasteiger partial charge < -0.3 is 15.2 Å². The van der Waals surface area contributed by atoms with Gasteiger partial charge in [0.1, 0.15) is 6.10 Å². The summed E-state index contributed by atoms with van der Waals surface area (Å²) in [5.41, 5.74) is 3.31. The van der Waals surface area contributed by atoms with Crippen LogP contribution in [-0.4, -0.2) is 42.9 Å². The highest BCUT2D eigenvalue weighted by molar-refractivity contribution is 5.90. The molecule has 3 aliphatic rings. The average molecular weight is 342 g/mol. The van der Waals surface area contributed by atoms with Crippen molar-refractivity contribution in [2.75, 3.05) is 24.6 Å². The molecule has 1 saturated carbocycles.